The van der Waals surface area contributed by atoms with Crippen LogP contribution in [0.4, 0.5) is 4.70 Å². The van der Waals surface area contributed by atoms with E-state index in [0.29, 0.717) is 0 Å². The third kappa shape index (κ3) is 62.1. The molecular weight excluding hydrogens is 296 g/mol. The van der Waals surface area contributed by atoms with Crippen LogP contribution in [0.3, 0.4) is 0 Å². The minimum Gasteiger partial charge on any atom is -0.344 e. The molecule has 0 aliphatic heterocycles. The van der Waals surface area contributed by atoms with Crippen LogP contribution in [0.2, 0.25) is 0 Å². The zero-order chi connectivity index (χ0) is 13.6. The van der Waals surface area contributed by atoms with E-state index >= 15 is 0 Å². The average Bonchev–Trinajstić information content (AvgIpc) is 2.20. The summed E-state index contributed by atoms with van der Waals surface area (Å²) in [4.78, 5) is 0. The maximum Gasteiger partial charge on any atom is 1.00 e. The molecule has 0 fully saturated rings. The molecule has 0 aromatic rings. The second-order valence-electron chi connectivity index (χ2n) is 4.13. The predicted octanol–water partition coefficient (Wildman–Crippen LogP) is 1.41. The van der Waals surface area contributed by atoms with Crippen molar-refractivity contribution in [3.05, 3.63) is 6.92 Å². The Morgan fingerprint density at radius 3 is 1.35 bits per heavy atom. The monoisotopic (exact) mass is 327 g/mol. The number of hydrogen-bond acceptors (Lipinski definition) is 3. The number of hydrogen-bond donors (Lipinski definition) is 3. The summed E-state index contributed by atoms with van der Waals surface area (Å²) in [5.41, 5.74) is 0. The first-order valence-corrected chi connectivity index (χ1v) is 7.80. The Hall–Kier alpha value is 0.760. The Kier molecular flexibility index (Phi) is 40.4. The van der Waals surface area contributed by atoms with E-state index in [1.165, 1.54) is 57.8 Å². The van der Waals surface area contributed by atoms with Crippen LogP contribution in [0.15, 0.2) is 0 Å². The second kappa shape index (κ2) is 24.8. The molecule has 0 spiro atoms. The molecule has 0 saturated carbocycles. The minimum atomic E-state index is -4.67. The summed E-state index contributed by atoms with van der Waals surface area (Å²) in [7, 11) is -4.67. The third-order valence-electron chi connectivity index (χ3n) is 2.35. The van der Waals surface area contributed by atoms with Gasteiger partial charge in [-0.05, 0) is 0 Å². The summed E-state index contributed by atoms with van der Waals surface area (Å²) >= 11 is 0. The molecule has 122 valence electrons. The first-order chi connectivity index (χ1) is 7.91. The minimum absolute atomic E-state index is 0. The van der Waals surface area contributed by atoms with Crippen molar-refractivity contribution in [2.24, 2.45) is 0 Å². The summed E-state index contributed by atoms with van der Waals surface area (Å²) in [6, 6.07) is 0. The van der Waals surface area contributed by atoms with E-state index in [1.807, 2.05) is 0 Å². The van der Waals surface area contributed by atoms with Gasteiger partial charge in [-0.1, -0.05) is 64.7 Å². The molecule has 0 aromatic carbocycles. The van der Waals surface area contributed by atoms with E-state index < -0.39 is 10.4 Å². The largest absolute Gasteiger partial charge is 1.00 e. The molecule has 0 aliphatic carbocycles. The van der Waals surface area contributed by atoms with Crippen LogP contribution < -0.4 is 35.7 Å². The molecule has 5 N–H and O–H groups in total. The summed E-state index contributed by atoms with van der Waals surface area (Å²) in [5, 5.41) is 0. The summed E-state index contributed by atoms with van der Waals surface area (Å²) in [6.45, 7) is 6.12. The van der Waals surface area contributed by atoms with Crippen LogP contribution >= 0.6 is 0 Å². The van der Waals surface area contributed by atoms with Gasteiger partial charge in [-0.25, -0.2) is 0 Å². The van der Waals surface area contributed by atoms with E-state index in [4.69, 9.17) is 17.5 Å². The molecule has 0 rings (SSSR count). The zero-order valence-electron chi connectivity index (χ0n) is 13.0. The van der Waals surface area contributed by atoms with Gasteiger partial charge in [0.1, 0.15) is 0 Å². The van der Waals surface area contributed by atoms with Crippen molar-refractivity contribution in [2.75, 3.05) is 0 Å². The van der Waals surface area contributed by atoms with E-state index in [-0.39, 0.29) is 40.4 Å². The molecule has 0 unspecified atom stereocenters. The first-order valence-electron chi connectivity index (χ1n) is 6.41. The van der Waals surface area contributed by atoms with Crippen LogP contribution in [0.25, 0.3) is 0 Å². The van der Waals surface area contributed by atoms with Crippen LogP contribution in [-0.4, -0.2) is 17.5 Å². The van der Waals surface area contributed by atoms with Gasteiger partial charge in [-0.15, -0.1) is 0 Å². The van der Waals surface area contributed by atoms with Gasteiger partial charge in [0.25, 0.3) is 0 Å². The van der Waals surface area contributed by atoms with Crippen molar-refractivity contribution in [1.29, 1.82) is 0 Å². The van der Waals surface area contributed by atoms with Crippen LogP contribution in [0.5, 0.6) is 0 Å². The van der Waals surface area contributed by atoms with Crippen LogP contribution in [0.1, 0.15) is 71.1 Å². The van der Waals surface area contributed by atoms with Gasteiger partial charge in [-0.3, -0.25) is 13.8 Å². The fourth-order valence-corrected chi connectivity index (χ4v) is 1.49. The number of halogens is 1. The second-order valence-corrected chi connectivity index (χ2v) is 5.03. The quantitative estimate of drug-likeness (QED) is 0.257. The van der Waals surface area contributed by atoms with Crippen molar-refractivity contribution in [1.82, 2.24) is 6.15 Å². The van der Waals surface area contributed by atoms with Gasteiger partial charge >= 0.3 is 40.0 Å². The molecule has 0 amide bonds. The fourth-order valence-electron chi connectivity index (χ4n) is 1.49. The Labute approximate surface area is 146 Å². The van der Waals surface area contributed by atoms with Crippen LogP contribution in [0, 0.1) is 6.92 Å². The normalized spacial score (nSPS) is 9.20. The fraction of sp³-hybridized carbons (Fsp3) is 0.917. The van der Waals surface area contributed by atoms with E-state index in [2.05, 4.69) is 13.8 Å². The Balaban J connectivity index is -0.0000000821. The molecule has 0 saturated heterocycles. The number of unbranched alkanes of at least 4 members (excludes halogenated alkanes) is 9. The van der Waals surface area contributed by atoms with Crippen molar-refractivity contribution in [3.8, 4) is 0 Å². The van der Waals surface area contributed by atoms with Crippen LogP contribution in [-0.2, 0) is 10.4 Å². The third-order valence-corrected chi connectivity index (χ3v) is 2.35. The van der Waals surface area contributed by atoms with Gasteiger partial charge < -0.3 is 13.1 Å². The molecule has 0 radical (unpaired) electrons. The molecule has 0 heterocycles. The van der Waals surface area contributed by atoms with Gasteiger partial charge in [0.2, 0.25) is 0 Å². The number of rotatable bonds is 9. The molecular formula is C12H31FNNaO4S. The van der Waals surface area contributed by atoms with E-state index in [1.54, 1.807) is 0 Å². The predicted molar refractivity (Wildman–Crippen MR) is 78.9 cm³/mol. The van der Waals surface area contributed by atoms with Crippen molar-refractivity contribution in [2.45, 2.75) is 71.1 Å². The van der Waals surface area contributed by atoms with Crippen molar-refractivity contribution >= 4 is 10.4 Å². The van der Waals surface area contributed by atoms with Crippen molar-refractivity contribution < 1.29 is 51.8 Å². The van der Waals surface area contributed by atoms with E-state index in [9.17, 15) is 0 Å². The summed E-state index contributed by atoms with van der Waals surface area (Å²) in [5.74, 6) is 0. The summed E-state index contributed by atoms with van der Waals surface area (Å²) < 4.78 is 31.6. The molecule has 8 heteroatoms. The Morgan fingerprint density at radius 1 is 0.850 bits per heavy atom. The van der Waals surface area contributed by atoms with Gasteiger partial charge in [0.15, 0.2) is 0 Å². The molecule has 0 atom stereocenters. The smallest absolute Gasteiger partial charge is 0.344 e. The van der Waals surface area contributed by atoms with Gasteiger partial charge in [-0.2, -0.15) is 14.8 Å². The molecule has 0 aliphatic rings. The molecule has 20 heavy (non-hydrogen) atoms. The standard InChI is InChI=1S/C12H25.FH.H3N.Na.H2O4S/c1-3-5-7-9-11-12-10-8-6-4-2;;;;1-5(2,3)4/h1,3-12H2,2H3;1H;1H3;;(H2,1,2,3,4)/q-1;;;+1;. The summed E-state index contributed by atoms with van der Waals surface area (Å²) in [6.07, 6.45) is 13.9. The molecule has 0 bridgehead atoms. The zero-order valence-corrected chi connectivity index (χ0v) is 15.8. The molecule has 0 aromatic heterocycles. The maximum atomic E-state index is 8.74. The SMILES string of the molecule is F.N.O=S(=O)(O)O.[CH2-]CCCCCCCCCCC.[Na+]. The van der Waals surface area contributed by atoms with E-state index in [0.717, 1.165) is 6.42 Å². The topological polar surface area (TPSA) is 110 Å². The average molecular weight is 327 g/mol. The maximum absolute atomic E-state index is 8.74. The molecule has 5 nitrogen and oxygen atoms in total. The van der Waals surface area contributed by atoms with Gasteiger partial charge in [0.05, 0.1) is 0 Å². The van der Waals surface area contributed by atoms with Crippen molar-refractivity contribution in [3.63, 3.8) is 0 Å². The Bertz CT molecular complexity index is 224. The Morgan fingerprint density at radius 2 is 1.10 bits per heavy atom. The first kappa shape index (κ1) is 32.6. The van der Waals surface area contributed by atoms with Gasteiger partial charge in [0, 0.05) is 0 Å².